The van der Waals surface area contributed by atoms with E-state index < -0.39 is 0 Å². The molecule has 0 aliphatic carbocycles. The SMILES string of the molecule is CC[C@H](N)c1ccc(SCCN(CC)CC)cc1. The van der Waals surface area contributed by atoms with Gasteiger partial charge in [-0.1, -0.05) is 32.9 Å². The van der Waals surface area contributed by atoms with E-state index in [1.165, 1.54) is 10.5 Å². The summed E-state index contributed by atoms with van der Waals surface area (Å²) in [7, 11) is 0. The smallest absolute Gasteiger partial charge is 0.0292 e. The fourth-order valence-corrected chi connectivity index (χ4v) is 2.79. The molecule has 0 fully saturated rings. The van der Waals surface area contributed by atoms with Crippen molar-refractivity contribution in [2.75, 3.05) is 25.4 Å². The molecule has 0 spiro atoms. The van der Waals surface area contributed by atoms with Gasteiger partial charge in [-0.3, -0.25) is 0 Å². The molecule has 0 aromatic heterocycles. The largest absolute Gasteiger partial charge is 0.324 e. The molecule has 0 radical (unpaired) electrons. The Hall–Kier alpha value is -0.510. The summed E-state index contributed by atoms with van der Waals surface area (Å²) in [5.41, 5.74) is 7.25. The zero-order chi connectivity index (χ0) is 13.4. The minimum absolute atomic E-state index is 0.180. The van der Waals surface area contributed by atoms with Crippen LogP contribution in [0.5, 0.6) is 0 Å². The Morgan fingerprint density at radius 3 is 2.22 bits per heavy atom. The molecular weight excluding hydrogens is 240 g/mol. The van der Waals surface area contributed by atoms with Crippen molar-refractivity contribution in [1.82, 2.24) is 4.90 Å². The van der Waals surface area contributed by atoms with Crippen LogP contribution in [0.3, 0.4) is 0 Å². The lowest BCUT2D eigenvalue weighted by Gasteiger charge is -2.17. The Labute approximate surface area is 116 Å². The number of benzene rings is 1. The molecule has 2 N–H and O–H groups in total. The van der Waals surface area contributed by atoms with E-state index in [9.17, 15) is 0 Å². The molecule has 102 valence electrons. The van der Waals surface area contributed by atoms with Gasteiger partial charge in [-0.25, -0.2) is 0 Å². The van der Waals surface area contributed by atoms with Crippen LogP contribution in [0.1, 0.15) is 38.8 Å². The Morgan fingerprint density at radius 1 is 1.11 bits per heavy atom. The van der Waals surface area contributed by atoms with Crippen LogP contribution in [0.25, 0.3) is 0 Å². The predicted octanol–water partition coefficient (Wildman–Crippen LogP) is 3.53. The van der Waals surface area contributed by atoms with Gasteiger partial charge < -0.3 is 10.6 Å². The van der Waals surface area contributed by atoms with Gasteiger partial charge in [-0.05, 0) is 37.2 Å². The summed E-state index contributed by atoms with van der Waals surface area (Å²) in [5, 5.41) is 0. The molecule has 0 aliphatic heterocycles. The Morgan fingerprint density at radius 2 is 1.72 bits per heavy atom. The van der Waals surface area contributed by atoms with Crippen LogP contribution >= 0.6 is 11.8 Å². The fourth-order valence-electron chi connectivity index (χ4n) is 1.88. The van der Waals surface area contributed by atoms with E-state index in [0.717, 1.165) is 31.8 Å². The van der Waals surface area contributed by atoms with Crippen molar-refractivity contribution >= 4 is 11.8 Å². The number of nitrogens with two attached hydrogens (primary N) is 1. The van der Waals surface area contributed by atoms with Crippen molar-refractivity contribution < 1.29 is 0 Å². The molecule has 0 amide bonds. The lowest BCUT2D eigenvalue weighted by atomic mass is 10.1. The summed E-state index contributed by atoms with van der Waals surface area (Å²) in [4.78, 5) is 3.79. The second-order valence-corrected chi connectivity index (χ2v) is 5.63. The molecule has 1 aromatic rings. The highest BCUT2D eigenvalue weighted by Gasteiger charge is 2.03. The van der Waals surface area contributed by atoms with Gasteiger partial charge in [-0.2, -0.15) is 0 Å². The molecule has 0 heterocycles. The van der Waals surface area contributed by atoms with E-state index in [1.54, 1.807) is 0 Å². The van der Waals surface area contributed by atoms with Crippen LogP contribution in [0.4, 0.5) is 0 Å². The second kappa shape index (κ2) is 8.57. The van der Waals surface area contributed by atoms with Crippen molar-refractivity contribution in [3.05, 3.63) is 29.8 Å². The maximum absolute atomic E-state index is 6.01. The average molecular weight is 266 g/mol. The quantitative estimate of drug-likeness (QED) is 0.730. The van der Waals surface area contributed by atoms with Gasteiger partial charge in [0.15, 0.2) is 0 Å². The van der Waals surface area contributed by atoms with Crippen molar-refractivity contribution in [2.45, 2.75) is 38.1 Å². The van der Waals surface area contributed by atoms with Crippen molar-refractivity contribution in [3.63, 3.8) is 0 Å². The lowest BCUT2D eigenvalue weighted by Crippen LogP contribution is -2.25. The normalized spacial score (nSPS) is 12.9. The van der Waals surface area contributed by atoms with E-state index in [2.05, 4.69) is 49.9 Å². The topological polar surface area (TPSA) is 29.3 Å². The summed E-state index contributed by atoms with van der Waals surface area (Å²) in [6.07, 6.45) is 0.994. The summed E-state index contributed by atoms with van der Waals surface area (Å²) >= 11 is 1.93. The first-order chi connectivity index (χ1) is 8.71. The number of hydrogen-bond acceptors (Lipinski definition) is 3. The minimum atomic E-state index is 0.180. The molecule has 0 saturated heterocycles. The summed E-state index contributed by atoms with van der Waals surface area (Å²) < 4.78 is 0. The summed E-state index contributed by atoms with van der Waals surface area (Å²) in [6, 6.07) is 8.89. The van der Waals surface area contributed by atoms with Crippen LogP contribution < -0.4 is 5.73 Å². The zero-order valence-electron chi connectivity index (χ0n) is 11.9. The molecule has 1 rings (SSSR count). The zero-order valence-corrected chi connectivity index (χ0v) is 12.7. The molecule has 2 nitrogen and oxygen atoms in total. The van der Waals surface area contributed by atoms with Gasteiger partial charge in [0.1, 0.15) is 0 Å². The van der Waals surface area contributed by atoms with Crippen LogP contribution in [0, 0.1) is 0 Å². The van der Waals surface area contributed by atoms with E-state index in [0.29, 0.717) is 0 Å². The summed E-state index contributed by atoms with van der Waals surface area (Å²) in [6.45, 7) is 10.00. The third-order valence-electron chi connectivity index (χ3n) is 3.32. The molecule has 0 bridgehead atoms. The van der Waals surface area contributed by atoms with Gasteiger partial charge in [0.25, 0.3) is 0 Å². The van der Waals surface area contributed by atoms with Crippen molar-refractivity contribution in [3.8, 4) is 0 Å². The van der Waals surface area contributed by atoms with Gasteiger partial charge in [0, 0.05) is 23.2 Å². The lowest BCUT2D eigenvalue weighted by molar-refractivity contribution is 0.324. The van der Waals surface area contributed by atoms with Gasteiger partial charge in [-0.15, -0.1) is 11.8 Å². The molecule has 3 heteroatoms. The number of rotatable bonds is 8. The van der Waals surface area contributed by atoms with Crippen molar-refractivity contribution in [2.24, 2.45) is 5.73 Å². The average Bonchev–Trinajstić information content (AvgIpc) is 2.43. The molecular formula is C15H26N2S. The predicted molar refractivity (Wildman–Crippen MR) is 82.2 cm³/mol. The first kappa shape index (κ1) is 15.5. The number of nitrogens with zero attached hydrogens (tertiary/aromatic N) is 1. The van der Waals surface area contributed by atoms with E-state index in [-0.39, 0.29) is 6.04 Å². The molecule has 1 aromatic carbocycles. The Bertz CT molecular complexity index is 320. The maximum atomic E-state index is 6.01. The highest BCUT2D eigenvalue weighted by Crippen LogP contribution is 2.21. The van der Waals surface area contributed by atoms with E-state index >= 15 is 0 Å². The standard InChI is InChI=1S/C15H26N2S/c1-4-15(16)13-7-9-14(10-8-13)18-12-11-17(5-2)6-3/h7-10,15H,4-6,11-12,16H2,1-3H3/t15-/m0/s1. The van der Waals surface area contributed by atoms with Crippen LogP contribution in [0.2, 0.25) is 0 Å². The van der Waals surface area contributed by atoms with Gasteiger partial charge in [0.2, 0.25) is 0 Å². The highest BCUT2D eigenvalue weighted by molar-refractivity contribution is 7.99. The minimum Gasteiger partial charge on any atom is -0.324 e. The van der Waals surface area contributed by atoms with E-state index in [1.807, 2.05) is 11.8 Å². The number of hydrogen-bond donors (Lipinski definition) is 1. The van der Waals surface area contributed by atoms with E-state index in [4.69, 9.17) is 5.73 Å². The number of thioether (sulfide) groups is 1. The van der Waals surface area contributed by atoms with Crippen molar-refractivity contribution in [1.29, 1.82) is 0 Å². The molecule has 0 saturated carbocycles. The Balaban J connectivity index is 2.39. The van der Waals surface area contributed by atoms with Crippen LogP contribution in [-0.2, 0) is 0 Å². The fraction of sp³-hybridized carbons (Fsp3) is 0.600. The monoisotopic (exact) mass is 266 g/mol. The third-order valence-corrected chi connectivity index (χ3v) is 4.31. The van der Waals surface area contributed by atoms with Crippen LogP contribution in [0.15, 0.2) is 29.2 Å². The first-order valence-electron chi connectivity index (χ1n) is 6.91. The molecule has 1 atom stereocenters. The maximum Gasteiger partial charge on any atom is 0.0292 e. The third kappa shape index (κ3) is 5.01. The van der Waals surface area contributed by atoms with Gasteiger partial charge >= 0.3 is 0 Å². The molecule has 0 unspecified atom stereocenters. The first-order valence-corrected chi connectivity index (χ1v) is 7.90. The molecule has 0 aliphatic rings. The summed E-state index contributed by atoms with van der Waals surface area (Å²) in [5.74, 6) is 1.15. The van der Waals surface area contributed by atoms with Gasteiger partial charge in [0.05, 0.1) is 0 Å². The second-order valence-electron chi connectivity index (χ2n) is 4.46. The Kier molecular flexibility index (Phi) is 7.40. The highest BCUT2D eigenvalue weighted by atomic mass is 32.2. The molecule has 18 heavy (non-hydrogen) atoms. The van der Waals surface area contributed by atoms with Crippen LogP contribution in [-0.4, -0.2) is 30.3 Å².